The number of aliphatic hydroxyl groups is 1. The number of nitrogens with zero attached hydrogens (tertiary/aromatic N) is 3. The molecule has 1 aromatic rings. The zero-order chi connectivity index (χ0) is 19.4. The second kappa shape index (κ2) is 9.00. The van der Waals surface area contributed by atoms with Gasteiger partial charge in [-0.15, -0.1) is 0 Å². The summed E-state index contributed by atoms with van der Waals surface area (Å²) in [6, 6.07) is 9.11. The number of fused-ring (bicyclic) bond motifs is 1. The molecule has 2 saturated heterocycles. The molecule has 0 spiro atoms. The van der Waals surface area contributed by atoms with Crippen LogP contribution in [0.5, 0.6) is 0 Å². The number of aliphatic hydroxyl groups excluding tert-OH is 1. The van der Waals surface area contributed by atoms with Gasteiger partial charge in [0.25, 0.3) is 0 Å². The molecule has 0 aliphatic carbocycles. The van der Waals surface area contributed by atoms with E-state index in [0.29, 0.717) is 12.6 Å². The second-order valence-electron chi connectivity index (χ2n) is 8.03. The third-order valence-electron chi connectivity index (χ3n) is 5.85. The Labute approximate surface area is 163 Å². The van der Waals surface area contributed by atoms with Crippen LogP contribution in [0.2, 0.25) is 0 Å². The van der Waals surface area contributed by atoms with Crippen molar-refractivity contribution >= 4 is 12.0 Å². The minimum atomic E-state index is 0.159. The highest BCUT2D eigenvalue weighted by Gasteiger charge is 2.49. The number of hydrogen-bond donors (Lipinski definition) is 1. The fraction of sp³-hybridized carbons (Fsp3) is 0.591. The van der Waals surface area contributed by atoms with Gasteiger partial charge in [-0.3, -0.25) is 9.69 Å². The Hall–Kier alpha value is -1.69. The Morgan fingerprint density at radius 2 is 1.93 bits per heavy atom. The van der Waals surface area contributed by atoms with Crippen LogP contribution in [0.4, 0.5) is 0 Å². The first kappa shape index (κ1) is 20.1. The molecule has 3 atom stereocenters. The molecular weight excluding hydrogens is 338 g/mol. The lowest BCUT2D eigenvalue weighted by Gasteiger charge is -2.57. The number of carbonyl (C=O) groups is 1. The van der Waals surface area contributed by atoms with Crippen LogP contribution in [0.15, 0.2) is 30.3 Å². The molecule has 5 nitrogen and oxygen atoms in total. The Morgan fingerprint density at radius 3 is 2.56 bits per heavy atom. The number of likely N-dealkylation sites (N-methyl/N-ethyl adjacent to an activating group) is 1. The lowest BCUT2D eigenvalue weighted by molar-refractivity contribution is -0.137. The van der Waals surface area contributed by atoms with E-state index in [1.54, 1.807) is 0 Å². The van der Waals surface area contributed by atoms with E-state index in [-0.39, 0.29) is 24.5 Å². The number of hydrogen-bond acceptors (Lipinski definition) is 4. The number of carbonyl (C=O) groups excluding carboxylic acids is 1. The molecule has 0 aromatic heterocycles. The van der Waals surface area contributed by atoms with Crippen molar-refractivity contribution in [3.8, 4) is 0 Å². The van der Waals surface area contributed by atoms with Crippen molar-refractivity contribution in [2.75, 3.05) is 46.9 Å². The minimum absolute atomic E-state index is 0.159. The summed E-state index contributed by atoms with van der Waals surface area (Å²) in [5, 5.41) is 10.0. The van der Waals surface area contributed by atoms with E-state index in [0.717, 1.165) is 32.5 Å². The molecule has 1 amide bonds. The van der Waals surface area contributed by atoms with Gasteiger partial charge in [-0.05, 0) is 51.5 Å². The molecule has 0 saturated carbocycles. The third kappa shape index (κ3) is 4.42. The normalized spacial score (nSPS) is 26.6. The topological polar surface area (TPSA) is 47.0 Å². The highest BCUT2D eigenvalue weighted by atomic mass is 16.3. The molecule has 148 valence electrons. The van der Waals surface area contributed by atoms with Gasteiger partial charge < -0.3 is 14.9 Å². The average Bonchev–Trinajstić information content (AvgIpc) is 2.61. The van der Waals surface area contributed by atoms with Crippen LogP contribution in [-0.4, -0.2) is 84.7 Å². The van der Waals surface area contributed by atoms with Crippen molar-refractivity contribution in [2.24, 2.45) is 0 Å². The van der Waals surface area contributed by atoms with E-state index < -0.39 is 0 Å². The summed E-state index contributed by atoms with van der Waals surface area (Å²) >= 11 is 0. The van der Waals surface area contributed by atoms with E-state index in [1.165, 1.54) is 11.1 Å². The van der Waals surface area contributed by atoms with Crippen LogP contribution in [0, 0.1) is 0 Å². The van der Waals surface area contributed by atoms with Crippen LogP contribution in [0.1, 0.15) is 36.8 Å². The summed E-state index contributed by atoms with van der Waals surface area (Å²) in [5.74, 6) is 0.485. The number of amides is 1. The van der Waals surface area contributed by atoms with Crippen molar-refractivity contribution in [3.05, 3.63) is 41.5 Å². The smallest absolute Gasteiger partial charge is 0.236 e. The molecule has 0 unspecified atom stereocenters. The molecule has 2 fully saturated rings. The monoisotopic (exact) mass is 371 g/mol. The van der Waals surface area contributed by atoms with Crippen LogP contribution in [0.25, 0.3) is 6.08 Å². The maximum Gasteiger partial charge on any atom is 0.236 e. The van der Waals surface area contributed by atoms with Gasteiger partial charge in [-0.25, -0.2) is 0 Å². The fourth-order valence-corrected chi connectivity index (χ4v) is 4.56. The van der Waals surface area contributed by atoms with Crippen molar-refractivity contribution < 1.29 is 9.90 Å². The van der Waals surface area contributed by atoms with Crippen molar-refractivity contribution in [3.63, 3.8) is 0 Å². The first-order valence-corrected chi connectivity index (χ1v) is 10.1. The maximum absolute atomic E-state index is 12.7. The highest BCUT2D eigenvalue weighted by molar-refractivity contribution is 5.78. The molecule has 0 radical (unpaired) electrons. The molecule has 2 aliphatic rings. The Balaban J connectivity index is 1.80. The molecular formula is C22H33N3O2. The van der Waals surface area contributed by atoms with Gasteiger partial charge in [0.1, 0.15) is 0 Å². The quantitative estimate of drug-likeness (QED) is 0.860. The second-order valence-corrected chi connectivity index (χ2v) is 8.03. The summed E-state index contributed by atoms with van der Waals surface area (Å²) < 4.78 is 0. The molecule has 1 aromatic carbocycles. The molecule has 3 rings (SSSR count). The minimum Gasteiger partial charge on any atom is -0.395 e. The predicted octanol–water partition coefficient (Wildman–Crippen LogP) is 2.03. The molecule has 2 aliphatic heterocycles. The first-order chi connectivity index (χ1) is 13.0. The van der Waals surface area contributed by atoms with Gasteiger partial charge in [-0.2, -0.15) is 0 Å². The van der Waals surface area contributed by atoms with Gasteiger partial charge >= 0.3 is 0 Å². The lowest BCUT2D eigenvalue weighted by Crippen LogP contribution is -2.68. The van der Waals surface area contributed by atoms with Crippen molar-refractivity contribution in [2.45, 2.75) is 37.8 Å². The molecule has 0 bridgehead atoms. The van der Waals surface area contributed by atoms with E-state index in [2.05, 4.69) is 35.2 Å². The zero-order valence-corrected chi connectivity index (χ0v) is 16.8. The first-order valence-electron chi connectivity index (χ1n) is 10.1. The fourth-order valence-electron chi connectivity index (χ4n) is 4.56. The van der Waals surface area contributed by atoms with Gasteiger partial charge in [0.05, 0.1) is 13.2 Å². The SMILES string of the molecule is C/C=C/c1ccc([C@@H]2[C@H]3CN(C(=O)CN(C)C)CCCCN3[C@H]2CO)cc1. The average molecular weight is 372 g/mol. The van der Waals surface area contributed by atoms with Gasteiger partial charge in [-0.1, -0.05) is 36.4 Å². The standard InChI is InChI=1S/C22H33N3O2/c1-4-7-17-8-10-18(11-9-17)22-19-14-24(21(27)15-23(2)3)12-5-6-13-25(19)20(22)16-26/h4,7-11,19-20,22,26H,5-6,12-16H2,1-3H3/b7-4+/t19-,20+,22-/m1/s1. The third-order valence-corrected chi connectivity index (χ3v) is 5.85. The Kier molecular flexibility index (Phi) is 6.68. The summed E-state index contributed by atoms with van der Waals surface area (Å²) in [6.07, 6.45) is 6.24. The summed E-state index contributed by atoms with van der Waals surface area (Å²) in [5.41, 5.74) is 2.46. The van der Waals surface area contributed by atoms with E-state index in [9.17, 15) is 9.90 Å². The molecule has 2 heterocycles. The molecule has 1 N–H and O–H groups in total. The largest absolute Gasteiger partial charge is 0.395 e. The summed E-state index contributed by atoms with van der Waals surface area (Å²) in [6.45, 7) is 5.26. The van der Waals surface area contributed by atoms with Crippen LogP contribution < -0.4 is 0 Å². The number of allylic oxidation sites excluding steroid dienone is 1. The zero-order valence-electron chi connectivity index (χ0n) is 16.8. The van der Waals surface area contributed by atoms with Gasteiger partial charge in [0, 0.05) is 31.1 Å². The van der Waals surface area contributed by atoms with Crippen molar-refractivity contribution in [1.29, 1.82) is 0 Å². The molecule has 27 heavy (non-hydrogen) atoms. The lowest BCUT2D eigenvalue weighted by atomic mass is 9.74. The summed E-state index contributed by atoms with van der Waals surface area (Å²) in [7, 11) is 3.88. The number of benzene rings is 1. The van der Waals surface area contributed by atoms with Crippen LogP contribution >= 0.6 is 0 Å². The maximum atomic E-state index is 12.7. The van der Waals surface area contributed by atoms with E-state index >= 15 is 0 Å². The summed E-state index contributed by atoms with van der Waals surface area (Å²) in [4.78, 5) is 19.1. The van der Waals surface area contributed by atoms with Gasteiger partial charge in [0.2, 0.25) is 5.91 Å². The Bertz CT molecular complexity index is 656. The van der Waals surface area contributed by atoms with Crippen LogP contribution in [0.3, 0.4) is 0 Å². The van der Waals surface area contributed by atoms with Crippen LogP contribution in [-0.2, 0) is 4.79 Å². The predicted molar refractivity (Wildman–Crippen MR) is 110 cm³/mol. The number of rotatable bonds is 5. The van der Waals surface area contributed by atoms with E-state index in [4.69, 9.17) is 0 Å². The van der Waals surface area contributed by atoms with Gasteiger partial charge in [0.15, 0.2) is 0 Å². The molecule has 5 heteroatoms. The highest BCUT2D eigenvalue weighted by Crippen LogP contribution is 2.42. The Morgan fingerprint density at radius 1 is 1.22 bits per heavy atom. The van der Waals surface area contributed by atoms with Crippen molar-refractivity contribution in [1.82, 2.24) is 14.7 Å². The van der Waals surface area contributed by atoms with E-state index in [1.807, 2.05) is 36.9 Å².